The monoisotopic (exact) mass is 290 g/mol. The average Bonchev–Trinajstić information content (AvgIpc) is 2.89. The molecule has 0 amide bonds. The molecule has 0 fully saturated rings. The number of hydrogen-bond donors (Lipinski definition) is 0. The van der Waals surface area contributed by atoms with E-state index in [1.165, 1.54) is 5.56 Å². The van der Waals surface area contributed by atoms with Gasteiger partial charge in [0.1, 0.15) is 16.2 Å². The molecule has 0 unspecified atom stereocenters. The summed E-state index contributed by atoms with van der Waals surface area (Å²) in [5.74, 6) is 1.90. The van der Waals surface area contributed by atoms with Crippen molar-refractivity contribution in [1.29, 1.82) is 0 Å². The Morgan fingerprint density at radius 2 is 2.29 bits per heavy atom. The van der Waals surface area contributed by atoms with Crippen molar-refractivity contribution in [2.24, 2.45) is 0 Å². The third-order valence-corrected chi connectivity index (χ3v) is 3.32. The van der Waals surface area contributed by atoms with Gasteiger partial charge in [0.05, 0.1) is 18.2 Å². The van der Waals surface area contributed by atoms with Gasteiger partial charge in [0.25, 0.3) is 0 Å². The molecule has 0 saturated carbocycles. The molecule has 3 heterocycles. The van der Waals surface area contributed by atoms with Gasteiger partial charge in [-0.15, -0.1) is 0 Å². The van der Waals surface area contributed by atoms with Crippen molar-refractivity contribution in [2.45, 2.75) is 13.3 Å². The minimum Gasteiger partial charge on any atom is -0.469 e. The molecule has 3 aromatic rings. The number of halogens is 1. The van der Waals surface area contributed by atoms with Crippen molar-refractivity contribution in [3.05, 3.63) is 58.5 Å². The highest BCUT2D eigenvalue weighted by Gasteiger charge is 2.10. The van der Waals surface area contributed by atoms with Crippen LogP contribution in [0.1, 0.15) is 17.1 Å². The molecule has 0 saturated heterocycles. The molecule has 0 radical (unpaired) electrons. The van der Waals surface area contributed by atoms with Crippen LogP contribution in [-0.2, 0) is 6.42 Å². The standard InChI is InChI=1S/C13H11BrN2O/c1-9-4-5-16-11(7-9)13(14)15-12(16)8-10-3-2-6-17-10/h2-7H,8H2,1H3. The van der Waals surface area contributed by atoms with Crippen molar-refractivity contribution in [3.63, 3.8) is 0 Å². The average molecular weight is 291 g/mol. The van der Waals surface area contributed by atoms with Crippen LogP contribution in [0.2, 0.25) is 0 Å². The minimum atomic E-state index is 0.697. The molecule has 3 nitrogen and oxygen atoms in total. The van der Waals surface area contributed by atoms with E-state index in [4.69, 9.17) is 4.42 Å². The summed E-state index contributed by atoms with van der Waals surface area (Å²) in [6.07, 6.45) is 4.42. The molecule has 3 rings (SSSR count). The molecule has 4 heteroatoms. The van der Waals surface area contributed by atoms with E-state index in [1.54, 1.807) is 6.26 Å². The number of imidazole rings is 1. The fourth-order valence-corrected chi connectivity index (χ4v) is 2.42. The normalized spacial score (nSPS) is 11.2. The summed E-state index contributed by atoms with van der Waals surface area (Å²) in [7, 11) is 0. The zero-order valence-corrected chi connectivity index (χ0v) is 10.9. The van der Waals surface area contributed by atoms with E-state index in [-0.39, 0.29) is 0 Å². The molecule has 0 aliphatic carbocycles. The number of aromatic nitrogens is 2. The van der Waals surface area contributed by atoms with Crippen LogP contribution in [0.5, 0.6) is 0 Å². The highest BCUT2D eigenvalue weighted by molar-refractivity contribution is 9.10. The van der Waals surface area contributed by atoms with Gasteiger partial charge < -0.3 is 8.82 Å². The molecular weight excluding hydrogens is 280 g/mol. The van der Waals surface area contributed by atoms with Crippen molar-refractivity contribution < 1.29 is 4.42 Å². The molecule has 17 heavy (non-hydrogen) atoms. The Morgan fingerprint density at radius 1 is 1.41 bits per heavy atom. The molecule has 0 aromatic carbocycles. The first-order chi connectivity index (χ1) is 8.24. The van der Waals surface area contributed by atoms with Gasteiger partial charge in [-0.25, -0.2) is 4.98 Å². The van der Waals surface area contributed by atoms with Crippen LogP contribution in [0.15, 0.2) is 45.7 Å². The lowest BCUT2D eigenvalue weighted by atomic mass is 10.3. The quantitative estimate of drug-likeness (QED) is 0.722. The van der Waals surface area contributed by atoms with E-state index < -0.39 is 0 Å². The topological polar surface area (TPSA) is 30.4 Å². The first-order valence-electron chi connectivity index (χ1n) is 5.39. The lowest BCUT2D eigenvalue weighted by Gasteiger charge is -2.00. The smallest absolute Gasteiger partial charge is 0.132 e. The van der Waals surface area contributed by atoms with Crippen LogP contribution in [0, 0.1) is 6.92 Å². The Morgan fingerprint density at radius 3 is 3.06 bits per heavy atom. The maximum Gasteiger partial charge on any atom is 0.132 e. The third-order valence-electron chi connectivity index (χ3n) is 2.74. The fraction of sp³-hybridized carbons (Fsp3) is 0.154. The van der Waals surface area contributed by atoms with Crippen molar-refractivity contribution in [3.8, 4) is 0 Å². The van der Waals surface area contributed by atoms with Crippen LogP contribution in [0.25, 0.3) is 5.52 Å². The largest absolute Gasteiger partial charge is 0.469 e. The molecule has 86 valence electrons. The SMILES string of the molecule is Cc1ccn2c(Cc3ccco3)nc(Br)c2c1. The predicted octanol–water partition coefficient (Wildman–Crippen LogP) is 3.59. The van der Waals surface area contributed by atoms with Crippen LogP contribution >= 0.6 is 15.9 Å². The lowest BCUT2D eigenvalue weighted by Crippen LogP contribution is -1.95. The maximum absolute atomic E-state index is 5.35. The first kappa shape index (κ1) is 10.6. The maximum atomic E-state index is 5.35. The van der Waals surface area contributed by atoms with E-state index in [2.05, 4.69) is 44.4 Å². The van der Waals surface area contributed by atoms with E-state index in [9.17, 15) is 0 Å². The van der Waals surface area contributed by atoms with Crippen molar-refractivity contribution >= 4 is 21.4 Å². The fourth-order valence-electron chi connectivity index (χ4n) is 1.91. The second-order valence-corrected chi connectivity index (χ2v) is 4.79. The van der Waals surface area contributed by atoms with Crippen LogP contribution in [0.4, 0.5) is 0 Å². The molecule has 0 spiro atoms. The van der Waals surface area contributed by atoms with Crippen LogP contribution < -0.4 is 0 Å². The summed E-state index contributed by atoms with van der Waals surface area (Å²) in [5.41, 5.74) is 2.31. The summed E-state index contributed by atoms with van der Waals surface area (Å²) >= 11 is 3.49. The molecule has 0 N–H and O–H groups in total. The number of aryl methyl sites for hydroxylation is 1. The van der Waals surface area contributed by atoms with E-state index >= 15 is 0 Å². The predicted molar refractivity (Wildman–Crippen MR) is 69.1 cm³/mol. The number of rotatable bonds is 2. The Labute approximate surface area is 107 Å². The van der Waals surface area contributed by atoms with Gasteiger partial charge in [-0.1, -0.05) is 0 Å². The number of hydrogen-bond acceptors (Lipinski definition) is 2. The summed E-state index contributed by atoms with van der Waals surface area (Å²) in [5, 5.41) is 0. The minimum absolute atomic E-state index is 0.697. The molecular formula is C13H11BrN2O. The Hall–Kier alpha value is -1.55. The number of fused-ring (bicyclic) bond motifs is 1. The highest BCUT2D eigenvalue weighted by Crippen LogP contribution is 2.21. The van der Waals surface area contributed by atoms with Crippen LogP contribution in [0.3, 0.4) is 0 Å². The van der Waals surface area contributed by atoms with Gasteiger partial charge in [0.2, 0.25) is 0 Å². The van der Waals surface area contributed by atoms with Gasteiger partial charge >= 0.3 is 0 Å². The number of pyridine rings is 1. The molecule has 0 bridgehead atoms. The zero-order valence-electron chi connectivity index (χ0n) is 9.35. The molecule has 0 atom stereocenters. The zero-order chi connectivity index (χ0) is 11.8. The molecule has 3 aromatic heterocycles. The summed E-state index contributed by atoms with van der Waals surface area (Å²) in [6, 6.07) is 8.04. The highest BCUT2D eigenvalue weighted by atomic mass is 79.9. The van der Waals surface area contributed by atoms with Gasteiger partial charge in [0, 0.05) is 6.20 Å². The Balaban J connectivity index is 2.11. The van der Waals surface area contributed by atoms with Gasteiger partial charge in [-0.2, -0.15) is 0 Å². The first-order valence-corrected chi connectivity index (χ1v) is 6.19. The second kappa shape index (κ2) is 4.04. The lowest BCUT2D eigenvalue weighted by molar-refractivity contribution is 0.516. The van der Waals surface area contributed by atoms with Crippen molar-refractivity contribution in [2.75, 3.05) is 0 Å². The van der Waals surface area contributed by atoms with E-state index in [1.807, 2.05) is 18.3 Å². The number of furan rings is 1. The van der Waals surface area contributed by atoms with Gasteiger partial charge in [-0.05, 0) is 52.7 Å². The van der Waals surface area contributed by atoms with Crippen LogP contribution in [-0.4, -0.2) is 9.38 Å². The summed E-state index contributed by atoms with van der Waals surface area (Å²) in [4.78, 5) is 4.53. The van der Waals surface area contributed by atoms with E-state index in [0.29, 0.717) is 6.42 Å². The van der Waals surface area contributed by atoms with Gasteiger partial charge in [0.15, 0.2) is 0 Å². The molecule has 0 aliphatic heterocycles. The summed E-state index contributed by atoms with van der Waals surface area (Å²) < 4.78 is 8.31. The van der Waals surface area contributed by atoms with Crippen molar-refractivity contribution in [1.82, 2.24) is 9.38 Å². The summed E-state index contributed by atoms with van der Waals surface area (Å²) in [6.45, 7) is 2.08. The Kier molecular flexibility index (Phi) is 2.52. The van der Waals surface area contributed by atoms with E-state index in [0.717, 1.165) is 21.7 Å². The third kappa shape index (κ3) is 1.89. The molecule has 0 aliphatic rings. The second-order valence-electron chi connectivity index (χ2n) is 4.03. The van der Waals surface area contributed by atoms with Gasteiger partial charge in [-0.3, -0.25) is 0 Å². The Bertz CT molecular complexity index is 655. The number of nitrogens with zero attached hydrogens (tertiary/aromatic N) is 2.